The molecule has 1 amide bonds. The number of amides is 1. The van der Waals surface area contributed by atoms with Crippen LogP contribution in [0.2, 0.25) is 0 Å². The highest BCUT2D eigenvalue weighted by Gasteiger charge is 2.26. The van der Waals surface area contributed by atoms with Gasteiger partial charge in [-0.25, -0.2) is 0 Å². The lowest BCUT2D eigenvalue weighted by atomic mass is 9.86. The van der Waals surface area contributed by atoms with Crippen LogP contribution in [0.3, 0.4) is 0 Å². The van der Waals surface area contributed by atoms with Gasteiger partial charge in [-0.15, -0.1) is 0 Å². The van der Waals surface area contributed by atoms with E-state index in [1.54, 1.807) is 7.11 Å². The largest absolute Gasteiger partial charge is 0.497 e. The summed E-state index contributed by atoms with van der Waals surface area (Å²) in [5.41, 5.74) is 0.936. The number of aliphatic hydroxyl groups excluding tert-OH is 1. The average molecular weight is 334 g/mol. The van der Waals surface area contributed by atoms with Crippen molar-refractivity contribution in [2.24, 2.45) is 5.92 Å². The van der Waals surface area contributed by atoms with Gasteiger partial charge >= 0.3 is 0 Å². The lowest BCUT2D eigenvalue weighted by Gasteiger charge is -2.30. The van der Waals surface area contributed by atoms with E-state index in [9.17, 15) is 9.90 Å². The second-order valence-electron chi connectivity index (χ2n) is 6.94. The average Bonchev–Trinajstić information content (AvgIpc) is 2.60. The molecule has 1 fully saturated rings. The van der Waals surface area contributed by atoms with E-state index < -0.39 is 0 Å². The molecule has 1 aliphatic carbocycles. The zero-order valence-corrected chi connectivity index (χ0v) is 14.9. The van der Waals surface area contributed by atoms with Gasteiger partial charge in [0.05, 0.1) is 7.11 Å². The van der Waals surface area contributed by atoms with E-state index >= 15 is 0 Å². The van der Waals surface area contributed by atoms with Gasteiger partial charge in [-0.3, -0.25) is 10.1 Å². The van der Waals surface area contributed by atoms with Crippen molar-refractivity contribution in [2.75, 3.05) is 13.7 Å². The number of hydrogen-bond donors (Lipinski definition) is 3. The van der Waals surface area contributed by atoms with Crippen LogP contribution in [0.15, 0.2) is 24.3 Å². The zero-order chi connectivity index (χ0) is 17.5. The van der Waals surface area contributed by atoms with Crippen molar-refractivity contribution < 1.29 is 14.6 Å². The molecule has 1 unspecified atom stereocenters. The number of hydrogen-bond acceptors (Lipinski definition) is 4. The van der Waals surface area contributed by atoms with Gasteiger partial charge in [0.25, 0.3) is 0 Å². The Morgan fingerprint density at radius 3 is 2.33 bits per heavy atom. The predicted octanol–water partition coefficient (Wildman–Crippen LogP) is 2.40. The summed E-state index contributed by atoms with van der Waals surface area (Å²) in [6, 6.07) is 7.66. The number of nitrogens with one attached hydrogen (secondary N) is 2. The predicted molar refractivity (Wildman–Crippen MR) is 95.0 cm³/mol. The van der Waals surface area contributed by atoms with Gasteiger partial charge in [-0.05, 0) is 63.1 Å². The van der Waals surface area contributed by atoms with Gasteiger partial charge in [-0.2, -0.15) is 0 Å². The third-order valence-electron chi connectivity index (χ3n) is 4.66. The number of ether oxygens (including phenoxy) is 1. The Morgan fingerprint density at radius 1 is 1.21 bits per heavy atom. The van der Waals surface area contributed by atoms with Crippen LogP contribution in [-0.2, 0) is 4.79 Å². The Kier molecular flexibility index (Phi) is 7.06. The van der Waals surface area contributed by atoms with E-state index in [1.807, 2.05) is 38.1 Å². The van der Waals surface area contributed by atoms with Crippen molar-refractivity contribution in [1.82, 2.24) is 10.6 Å². The normalized spacial score (nSPS) is 22.2. The molecular weight excluding hydrogens is 304 g/mol. The summed E-state index contributed by atoms with van der Waals surface area (Å²) >= 11 is 0. The van der Waals surface area contributed by atoms with Gasteiger partial charge in [0, 0.05) is 18.7 Å². The number of carbonyl (C=O) groups is 1. The van der Waals surface area contributed by atoms with Crippen LogP contribution in [0.25, 0.3) is 0 Å². The molecule has 1 atom stereocenters. The third kappa shape index (κ3) is 5.21. The molecule has 0 heterocycles. The summed E-state index contributed by atoms with van der Waals surface area (Å²) in [7, 11) is 1.63. The first-order valence-corrected chi connectivity index (χ1v) is 8.84. The second-order valence-corrected chi connectivity index (χ2v) is 6.94. The van der Waals surface area contributed by atoms with Crippen molar-refractivity contribution in [3.8, 4) is 5.75 Å². The molecule has 134 valence electrons. The minimum atomic E-state index is -0.369. The van der Waals surface area contributed by atoms with Crippen LogP contribution in [-0.4, -0.2) is 36.8 Å². The number of benzene rings is 1. The van der Waals surface area contributed by atoms with Crippen LogP contribution in [0.4, 0.5) is 0 Å². The fourth-order valence-corrected chi connectivity index (χ4v) is 3.23. The molecule has 1 aromatic carbocycles. The number of aliphatic hydroxyl groups is 1. The van der Waals surface area contributed by atoms with Crippen molar-refractivity contribution >= 4 is 5.91 Å². The van der Waals surface area contributed by atoms with Gasteiger partial charge in [-0.1, -0.05) is 12.1 Å². The van der Waals surface area contributed by atoms with Crippen molar-refractivity contribution in [3.05, 3.63) is 29.8 Å². The molecule has 0 aliphatic heterocycles. The Labute approximate surface area is 144 Å². The quantitative estimate of drug-likeness (QED) is 0.716. The van der Waals surface area contributed by atoms with Crippen LogP contribution < -0.4 is 15.4 Å². The Hall–Kier alpha value is -1.59. The second kappa shape index (κ2) is 9.04. The summed E-state index contributed by atoms with van der Waals surface area (Å²) < 4.78 is 5.19. The van der Waals surface area contributed by atoms with Gasteiger partial charge in [0.2, 0.25) is 5.91 Å². The lowest BCUT2D eigenvalue weighted by Crippen LogP contribution is -2.45. The summed E-state index contributed by atoms with van der Waals surface area (Å²) in [6.07, 6.45) is 3.83. The highest BCUT2D eigenvalue weighted by atomic mass is 16.5. The maximum atomic E-state index is 12.8. The molecule has 0 saturated heterocycles. The zero-order valence-electron chi connectivity index (χ0n) is 14.9. The van der Waals surface area contributed by atoms with Gasteiger partial charge in [0.1, 0.15) is 11.8 Å². The first-order chi connectivity index (χ1) is 11.5. The third-order valence-corrected chi connectivity index (χ3v) is 4.66. The first-order valence-electron chi connectivity index (χ1n) is 8.84. The number of carbonyl (C=O) groups excluding carboxylic acids is 1. The SMILES string of the molecule is COc1ccc(C(NC(C)C)C(=O)NC2CCC(CO)CC2)cc1. The molecule has 0 spiro atoms. The lowest BCUT2D eigenvalue weighted by molar-refractivity contribution is -0.124. The Morgan fingerprint density at radius 2 is 1.83 bits per heavy atom. The Balaban J connectivity index is 2.02. The summed E-state index contributed by atoms with van der Waals surface area (Å²) in [6.45, 7) is 4.33. The number of methoxy groups -OCH3 is 1. The molecule has 5 nitrogen and oxygen atoms in total. The fraction of sp³-hybridized carbons (Fsp3) is 0.632. The van der Waals surface area contributed by atoms with E-state index in [1.165, 1.54) is 0 Å². The van der Waals surface area contributed by atoms with E-state index in [0.717, 1.165) is 37.0 Å². The Bertz CT molecular complexity index is 508. The highest BCUT2D eigenvalue weighted by molar-refractivity contribution is 5.83. The maximum Gasteiger partial charge on any atom is 0.241 e. The summed E-state index contributed by atoms with van der Waals surface area (Å²) in [5, 5.41) is 15.8. The van der Waals surface area contributed by atoms with E-state index in [-0.39, 0.29) is 30.6 Å². The first kappa shape index (κ1) is 18.7. The van der Waals surface area contributed by atoms with Crippen molar-refractivity contribution in [3.63, 3.8) is 0 Å². The summed E-state index contributed by atoms with van der Waals surface area (Å²) in [5.74, 6) is 1.19. The number of rotatable bonds is 7. The standard InChI is InChI=1S/C19H30N2O3/c1-13(2)20-18(15-6-10-17(24-3)11-7-15)19(23)21-16-8-4-14(12-22)5-9-16/h6-7,10-11,13-14,16,18,20,22H,4-5,8-9,12H2,1-3H3,(H,21,23). The van der Waals surface area contributed by atoms with E-state index in [2.05, 4.69) is 10.6 Å². The van der Waals surface area contributed by atoms with Crippen LogP contribution in [0, 0.1) is 5.92 Å². The maximum absolute atomic E-state index is 12.8. The minimum absolute atomic E-state index is 0.0151. The van der Waals surface area contributed by atoms with Crippen LogP contribution in [0.5, 0.6) is 5.75 Å². The molecule has 1 saturated carbocycles. The molecule has 2 rings (SSSR count). The molecule has 0 bridgehead atoms. The molecular formula is C19H30N2O3. The molecule has 24 heavy (non-hydrogen) atoms. The van der Waals surface area contributed by atoms with E-state index in [4.69, 9.17) is 4.74 Å². The van der Waals surface area contributed by atoms with Gasteiger partial charge < -0.3 is 15.2 Å². The highest BCUT2D eigenvalue weighted by Crippen LogP contribution is 2.25. The topological polar surface area (TPSA) is 70.6 Å². The summed E-state index contributed by atoms with van der Waals surface area (Å²) in [4.78, 5) is 12.8. The molecule has 1 aliphatic rings. The molecule has 5 heteroatoms. The molecule has 0 radical (unpaired) electrons. The van der Waals surface area contributed by atoms with Crippen LogP contribution >= 0.6 is 0 Å². The van der Waals surface area contributed by atoms with Gasteiger partial charge in [0.15, 0.2) is 0 Å². The van der Waals surface area contributed by atoms with E-state index in [0.29, 0.717) is 5.92 Å². The smallest absolute Gasteiger partial charge is 0.241 e. The molecule has 0 aromatic heterocycles. The van der Waals surface area contributed by atoms with Crippen LogP contribution in [0.1, 0.15) is 51.1 Å². The minimum Gasteiger partial charge on any atom is -0.497 e. The van der Waals surface area contributed by atoms with Crippen molar-refractivity contribution in [1.29, 1.82) is 0 Å². The fourth-order valence-electron chi connectivity index (χ4n) is 3.23. The van der Waals surface area contributed by atoms with Crippen molar-refractivity contribution in [2.45, 2.75) is 57.7 Å². The monoisotopic (exact) mass is 334 g/mol. The molecule has 1 aromatic rings. The molecule has 3 N–H and O–H groups in total.